The molecule has 1 rings (SSSR count). The maximum Gasteiger partial charge on any atom is 0.354 e. The van der Waals surface area contributed by atoms with Gasteiger partial charge in [0.25, 0.3) is 0 Å². The third-order valence-electron chi connectivity index (χ3n) is 2.23. The predicted octanol–water partition coefficient (Wildman–Crippen LogP) is 0.908. The molecule has 1 atom stereocenters. The summed E-state index contributed by atoms with van der Waals surface area (Å²) in [5, 5.41) is 21.6. The number of aliphatic hydroxyl groups excluding tert-OH is 1. The lowest BCUT2D eigenvalue weighted by Gasteiger charge is -2.22. The Morgan fingerprint density at radius 3 is 2.74 bits per heavy atom. The van der Waals surface area contributed by atoms with Gasteiger partial charge in [-0.25, -0.2) is 9.78 Å². The van der Waals surface area contributed by atoms with Crippen molar-refractivity contribution >= 4 is 5.97 Å². The highest BCUT2D eigenvalue weighted by Gasteiger charge is 2.13. The van der Waals surface area contributed by atoms with Crippen LogP contribution in [0.4, 0.5) is 0 Å². The van der Waals surface area contributed by atoms with Gasteiger partial charge >= 0.3 is 5.97 Å². The summed E-state index contributed by atoms with van der Waals surface area (Å²) in [4.78, 5) is 14.5. The molecule has 1 unspecified atom stereocenters. The maximum atomic E-state index is 10.7. The van der Waals surface area contributed by atoms with Crippen LogP contribution in [0.3, 0.4) is 0 Å². The second-order valence-electron chi connectivity index (χ2n) is 5.26. The Labute approximate surface area is 112 Å². The summed E-state index contributed by atoms with van der Waals surface area (Å²) in [6.07, 6.45) is -0.686. The molecule has 0 aromatic carbocycles. The number of aromatic carboxylic acids is 1. The Bertz CT molecular complexity index is 429. The first-order valence-corrected chi connectivity index (χ1v) is 6.04. The summed E-state index contributed by atoms with van der Waals surface area (Å²) in [6, 6.07) is 4.48. The highest BCUT2D eigenvalue weighted by atomic mass is 16.5. The van der Waals surface area contributed by atoms with Crippen LogP contribution in [0, 0.1) is 0 Å². The molecule has 19 heavy (non-hydrogen) atoms. The van der Waals surface area contributed by atoms with Crippen molar-refractivity contribution in [2.24, 2.45) is 0 Å². The molecule has 1 aromatic rings. The SMILES string of the molecule is CC(C)(C)NCC(O)COc1cccc(C(=O)O)n1. The van der Waals surface area contributed by atoms with Gasteiger partial charge in [0, 0.05) is 18.2 Å². The number of hydrogen-bond donors (Lipinski definition) is 3. The first-order valence-electron chi connectivity index (χ1n) is 6.04. The number of pyridine rings is 1. The van der Waals surface area contributed by atoms with Crippen LogP contribution in [0.5, 0.6) is 5.88 Å². The molecule has 1 aromatic heterocycles. The Morgan fingerprint density at radius 1 is 1.47 bits per heavy atom. The largest absolute Gasteiger partial charge is 0.477 e. The molecule has 0 bridgehead atoms. The highest BCUT2D eigenvalue weighted by molar-refractivity contribution is 5.85. The zero-order chi connectivity index (χ0) is 14.5. The molecular formula is C13H20N2O4. The van der Waals surface area contributed by atoms with E-state index in [9.17, 15) is 9.90 Å². The smallest absolute Gasteiger partial charge is 0.354 e. The number of carboxylic acid groups (broad SMARTS) is 1. The predicted molar refractivity (Wildman–Crippen MR) is 70.5 cm³/mol. The second-order valence-corrected chi connectivity index (χ2v) is 5.26. The fraction of sp³-hybridized carbons (Fsp3) is 0.538. The van der Waals surface area contributed by atoms with E-state index in [1.807, 2.05) is 20.8 Å². The number of aliphatic hydroxyl groups is 1. The fourth-order valence-corrected chi connectivity index (χ4v) is 1.28. The Balaban J connectivity index is 2.44. The van der Waals surface area contributed by atoms with Gasteiger partial charge < -0.3 is 20.3 Å². The fourth-order valence-electron chi connectivity index (χ4n) is 1.28. The number of rotatable bonds is 6. The minimum Gasteiger partial charge on any atom is -0.477 e. The minimum atomic E-state index is -1.11. The number of nitrogens with zero attached hydrogens (tertiary/aromatic N) is 1. The number of carboxylic acids is 1. The number of ether oxygens (including phenoxy) is 1. The van der Waals surface area contributed by atoms with Crippen LogP contribution in [-0.4, -0.2) is 46.0 Å². The minimum absolute atomic E-state index is 0.0547. The number of nitrogens with one attached hydrogen (secondary N) is 1. The van der Waals surface area contributed by atoms with Gasteiger partial charge in [0.2, 0.25) is 5.88 Å². The van der Waals surface area contributed by atoms with Crippen LogP contribution >= 0.6 is 0 Å². The molecule has 0 fully saturated rings. The number of hydrogen-bond acceptors (Lipinski definition) is 5. The van der Waals surface area contributed by atoms with Crippen molar-refractivity contribution in [2.45, 2.75) is 32.4 Å². The first kappa shape index (κ1) is 15.4. The van der Waals surface area contributed by atoms with E-state index in [1.165, 1.54) is 6.07 Å². The number of β-amino-alcohol motifs (C(OH)–C–C–N with tert-alkyl or cyclic N) is 1. The Kier molecular flexibility index (Phi) is 5.26. The molecule has 0 spiro atoms. The third-order valence-corrected chi connectivity index (χ3v) is 2.23. The van der Waals surface area contributed by atoms with Gasteiger partial charge in [0.1, 0.15) is 12.7 Å². The van der Waals surface area contributed by atoms with E-state index in [0.29, 0.717) is 6.54 Å². The van der Waals surface area contributed by atoms with Gasteiger partial charge in [-0.15, -0.1) is 0 Å². The van der Waals surface area contributed by atoms with Crippen molar-refractivity contribution < 1.29 is 19.7 Å². The van der Waals surface area contributed by atoms with Gasteiger partial charge in [-0.1, -0.05) is 6.07 Å². The lowest BCUT2D eigenvalue weighted by Crippen LogP contribution is -2.42. The molecule has 0 aliphatic carbocycles. The van der Waals surface area contributed by atoms with E-state index in [-0.39, 0.29) is 23.7 Å². The number of carbonyl (C=O) groups is 1. The summed E-state index contributed by atoms with van der Waals surface area (Å²) in [5.41, 5.74) is -0.164. The zero-order valence-corrected chi connectivity index (χ0v) is 11.4. The standard InChI is InChI=1S/C13H20N2O4/c1-13(2,3)14-7-9(16)8-19-11-6-4-5-10(15-11)12(17)18/h4-6,9,14,16H,7-8H2,1-3H3,(H,17,18). The molecular weight excluding hydrogens is 248 g/mol. The second kappa shape index (κ2) is 6.49. The van der Waals surface area contributed by atoms with E-state index in [4.69, 9.17) is 9.84 Å². The molecule has 6 nitrogen and oxygen atoms in total. The van der Waals surface area contributed by atoms with Gasteiger partial charge in [0.15, 0.2) is 5.69 Å². The first-order chi connectivity index (χ1) is 8.78. The van der Waals surface area contributed by atoms with Crippen molar-refractivity contribution in [3.63, 3.8) is 0 Å². The lowest BCUT2D eigenvalue weighted by molar-refractivity contribution is 0.0687. The molecule has 6 heteroatoms. The van der Waals surface area contributed by atoms with E-state index in [2.05, 4.69) is 10.3 Å². The van der Waals surface area contributed by atoms with Crippen molar-refractivity contribution in [3.8, 4) is 5.88 Å². The van der Waals surface area contributed by atoms with E-state index in [1.54, 1.807) is 12.1 Å². The highest BCUT2D eigenvalue weighted by Crippen LogP contribution is 2.08. The van der Waals surface area contributed by atoms with E-state index in [0.717, 1.165) is 0 Å². The van der Waals surface area contributed by atoms with Gasteiger partial charge in [-0.2, -0.15) is 0 Å². The van der Waals surface area contributed by atoms with E-state index >= 15 is 0 Å². The maximum absolute atomic E-state index is 10.7. The summed E-state index contributed by atoms with van der Waals surface area (Å²) in [6.45, 7) is 6.44. The molecule has 0 saturated carbocycles. The van der Waals surface area contributed by atoms with Crippen LogP contribution in [0.15, 0.2) is 18.2 Å². The van der Waals surface area contributed by atoms with Crippen LogP contribution in [0.25, 0.3) is 0 Å². The van der Waals surface area contributed by atoms with Crippen LogP contribution < -0.4 is 10.1 Å². The molecule has 0 saturated heterocycles. The molecule has 0 aliphatic rings. The molecule has 1 heterocycles. The van der Waals surface area contributed by atoms with Crippen molar-refractivity contribution in [2.75, 3.05) is 13.2 Å². The van der Waals surface area contributed by atoms with Gasteiger partial charge in [-0.3, -0.25) is 0 Å². The summed E-state index contributed by atoms with van der Waals surface area (Å²) in [5.74, 6) is -0.921. The quantitative estimate of drug-likeness (QED) is 0.710. The third kappa shape index (κ3) is 6.17. The average molecular weight is 268 g/mol. The zero-order valence-electron chi connectivity index (χ0n) is 11.4. The van der Waals surface area contributed by atoms with Gasteiger partial charge in [-0.05, 0) is 26.8 Å². The molecule has 0 aliphatic heterocycles. The average Bonchev–Trinajstić information content (AvgIpc) is 2.33. The lowest BCUT2D eigenvalue weighted by atomic mass is 10.1. The van der Waals surface area contributed by atoms with Crippen LogP contribution in [0.2, 0.25) is 0 Å². The monoisotopic (exact) mass is 268 g/mol. The topological polar surface area (TPSA) is 91.7 Å². The Hall–Kier alpha value is -1.66. The van der Waals surface area contributed by atoms with Crippen molar-refractivity contribution in [3.05, 3.63) is 23.9 Å². The molecule has 0 radical (unpaired) electrons. The normalized spacial score (nSPS) is 13.1. The summed E-state index contributed by atoms with van der Waals surface area (Å²) >= 11 is 0. The number of aromatic nitrogens is 1. The van der Waals surface area contributed by atoms with Gasteiger partial charge in [0.05, 0.1) is 0 Å². The molecule has 106 valence electrons. The molecule has 3 N–H and O–H groups in total. The van der Waals surface area contributed by atoms with Crippen LogP contribution in [0.1, 0.15) is 31.3 Å². The van der Waals surface area contributed by atoms with E-state index < -0.39 is 12.1 Å². The molecule has 0 amide bonds. The Morgan fingerprint density at radius 2 is 2.16 bits per heavy atom. The summed E-state index contributed by atoms with van der Waals surface area (Å²) in [7, 11) is 0. The van der Waals surface area contributed by atoms with Crippen molar-refractivity contribution in [1.82, 2.24) is 10.3 Å². The van der Waals surface area contributed by atoms with Crippen molar-refractivity contribution in [1.29, 1.82) is 0 Å². The summed E-state index contributed by atoms with van der Waals surface area (Å²) < 4.78 is 5.26. The van der Waals surface area contributed by atoms with Crippen LogP contribution in [-0.2, 0) is 0 Å².